The Morgan fingerprint density at radius 2 is 1.70 bits per heavy atom. The molecule has 2 heterocycles. The average molecular weight is 498 g/mol. The summed E-state index contributed by atoms with van der Waals surface area (Å²) in [5, 5.41) is 7.54. The molecule has 8 nitrogen and oxygen atoms in total. The number of hydrogen-bond donors (Lipinski definition) is 2. The third-order valence-electron chi connectivity index (χ3n) is 7.53. The summed E-state index contributed by atoms with van der Waals surface area (Å²) in [7, 11) is 1.59. The minimum absolute atomic E-state index is 0.0930. The van der Waals surface area contributed by atoms with Gasteiger partial charge in [0.15, 0.2) is 0 Å². The van der Waals surface area contributed by atoms with Gasteiger partial charge in [-0.05, 0) is 80.3 Å². The van der Waals surface area contributed by atoms with Crippen LogP contribution in [0, 0.1) is 17.3 Å². The summed E-state index contributed by atoms with van der Waals surface area (Å²) in [5.74, 6) is 6.80. The van der Waals surface area contributed by atoms with E-state index in [1.807, 2.05) is 64.2 Å². The first-order valence-electron chi connectivity index (χ1n) is 12.6. The summed E-state index contributed by atoms with van der Waals surface area (Å²) in [5.41, 5.74) is 8.44. The van der Waals surface area contributed by atoms with Crippen LogP contribution in [-0.4, -0.2) is 46.6 Å². The number of para-hydroxylation sites is 1. The van der Waals surface area contributed by atoms with Crippen LogP contribution in [0.5, 0.6) is 11.5 Å². The third-order valence-corrected chi connectivity index (χ3v) is 7.53. The molecule has 0 radical (unpaired) electrons. The Morgan fingerprint density at radius 3 is 2.32 bits per heavy atom. The molecule has 2 aromatic carbocycles. The Hall–Kier alpha value is -4.25. The Kier molecular flexibility index (Phi) is 6.62. The second kappa shape index (κ2) is 10.0. The number of nitrogens with two attached hydrogens (primary N) is 1. The highest BCUT2D eigenvalue weighted by atomic mass is 16.5. The molecule has 3 N–H and O–H groups in total. The number of amides is 2. The zero-order valence-electron chi connectivity index (χ0n) is 21.2. The van der Waals surface area contributed by atoms with E-state index in [2.05, 4.69) is 17.2 Å². The Morgan fingerprint density at radius 1 is 1.05 bits per heavy atom. The molecule has 2 fully saturated rings. The summed E-state index contributed by atoms with van der Waals surface area (Å²) < 4.78 is 7.72. The van der Waals surface area contributed by atoms with E-state index < -0.39 is 0 Å². The van der Waals surface area contributed by atoms with E-state index >= 15 is 0 Å². The van der Waals surface area contributed by atoms with E-state index in [9.17, 15) is 9.59 Å². The van der Waals surface area contributed by atoms with Crippen LogP contribution in [0.15, 0.2) is 54.6 Å². The van der Waals surface area contributed by atoms with Gasteiger partial charge in [-0.1, -0.05) is 24.1 Å². The van der Waals surface area contributed by atoms with Crippen LogP contribution < -0.4 is 15.8 Å². The molecule has 2 amide bonds. The van der Waals surface area contributed by atoms with Crippen LogP contribution in [0.2, 0.25) is 0 Å². The predicted octanol–water partition coefficient (Wildman–Crippen LogP) is 4.25. The van der Waals surface area contributed by atoms with Crippen LogP contribution in [0.3, 0.4) is 0 Å². The number of hydrogen-bond acceptors (Lipinski definition) is 5. The van der Waals surface area contributed by atoms with Gasteiger partial charge in [-0.3, -0.25) is 9.59 Å². The second-order valence-corrected chi connectivity index (χ2v) is 9.80. The second-order valence-electron chi connectivity index (χ2n) is 9.80. The first kappa shape index (κ1) is 24.4. The average Bonchev–Trinajstić information content (AvgIpc) is 3.24. The maximum atomic E-state index is 12.8. The molecular formula is C29H31N5O3. The molecule has 5 rings (SSSR count). The fourth-order valence-electron chi connectivity index (χ4n) is 5.47. The molecule has 1 aromatic heterocycles. The number of nitrogens with zero attached hydrogens (tertiary/aromatic N) is 3. The molecule has 1 saturated carbocycles. The Bertz CT molecular complexity index is 1350. The summed E-state index contributed by atoms with van der Waals surface area (Å²) in [6, 6.07) is 17.2. The van der Waals surface area contributed by atoms with E-state index in [-0.39, 0.29) is 23.3 Å². The van der Waals surface area contributed by atoms with Gasteiger partial charge in [0, 0.05) is 25.7 Å². The lowest BCUT2D eigenvalue weighted by Gasteiger charge is -2.52. The van der Waals surface area contributed by atoms with Crippen LogP contribution in [0.1, 0.15) is 49.0 Å². The van der Waals surface area contributed by atoms with Crippen LogP contribution >= 0.6 is 0 Å². The number of nitrogen functional groups attached to an aromatic ring is 1. The highest BCUT2D eigenvalue weighted by molar-refractivity contribution is 6.04. The van der Waals surface area contributed by atoms with E-state index in [0.29, 0.717) is 22.8 Å². The molecule has 0 unspecified atom stereocenters. The van der Waals surface area contributed by atoms with Gasteiger partial charge < -0.3 is 20.7 Å². The molecule has 0 atom stereocenters. The molecule has 1 saturated heterocycles. The van der Waals surface area contributed by atoms with Crippen LogP contribution in [0.4, 0.5) is 5.82 Å². The lowest BCUT2D eigenvalue weighted by molar-refractivity contribution is -0.129. The maximum absolute atomic E-state index is 12.8. The zero-order chi connectivity index (χ0) is 26.0. The molecule has 3 aromatic rings. The summed E-state index contributed by atoms with van der Waals surface area (Å²) in [6.07, 6.45) is 3.74. The normalized spacial score (nSPS) is 16.4. The van der Waals surface area contributed by atoms with Gasteiger partial charge in [0.1, 0.15) is 28.6 Å². The third kappa shape index (κ3) is 4.77. The molecule has 1 spiro atoms. The Balaban J connectivity index is 1.33. The van der Waals surface area contributed by atoms with Gasteiger partial charge >= 0.3 is 0 Å². The SMILES string of the molecule is CC#CC(=O)N1CCC2(CC1)CC(n1nc(-c3ccc(Oc4ccccc4)cc3)c(C(=O)NC)c1N)C2. The van der Waals surface area contributed by atoms with Crippen molar-refractivity contribution in [3.05, 3.63) is 60.2 Å². The largest absolute Gasteiger partial charge is 0.457 e. The number of carbonyl (C=O) groups excluding carboxylic acids is 2. The van der Waals surface area contributed by atoms with Gasteiger partial charge in [0.05, 0.1) is 6.04 Å². The van der Waals surface area contributed by atoms with Crippen LogP contribution in [0.25, 0.3) is 11.3 Å². The number of carbonyl (C=O) groups is 2. The highest BCUT2D eigenvalue weighted by Gasteiger charge is 2.48. The molecule has 37 heavy (non-hydrogen) atoms. The highest BCUT2D eigenvalue weighted by Crippen LogP contribution is 2.55. The van der Waals surface area contributed by atoms with Crippen molar-refractivity contribution < 1.29 is 14.3 Å². The minimum Gasteiger partial charge on any atom is -0.457 e. The Labute approximate surface area is 216 Å². The maximum Gasteiger partial charge on any atom is 0.298 e. The molecule has 1 aliphatic heterocycles. The fraction of sp³-hybridized carbons (Fsp3) is 0.345. The van der Waals surface area contributed by atoms with Crippen LogP contribution in [-0.2, 0) is 4.79 Å². The number of benzene rings is 2. The molecule has 2 aliphatic rings. The standard InChI is InChI=1S/C29H31N5O3/c1-3-7-24(35)33-16-14-29(15-17-33)18-21(19-29)34-27(30)25(28(36)31-2)26(32-34)20-10-12-23(13-11-20)37-22-8-5-4-6-9-22/h4-6,8-13,21H,14-19,30H2,1-2H3,(H,31,36). The smallest absolute Gasteiger partial charge is 0.298 e. The van der Waals surface area contributed by atoms with Crippen molar-refractivity contribution in [3.8, 4) is 34.6 Å². The van der Waals surface area contributed by atoms with Crippen molar-refractivity contribution in [2.75, 3.05) is 25.9 Å². The molecular weight excluding hydrogens is 466 g/mol. The summed E-state index contributed by atoms with van der Waals surface area (Å²) >= 11 is 0. The zero-order valence-corrected chi connectivity index (χ0v) is 21.2. The minimum atomic E-state index is -0.263. The quantitative estimate of drug-likeness (QED) is 0.513. The molecule has 0 bridgehead atoms. The van der Waals surface area contributed by atoms with E-state index in [1.165, 1.54) is 0 Å². The lowest BCUT2D eigenvalue weighted by Crippen LogP contribution is -2.49. The first-order chi connectivity index (χ1) is 17.9. The predicted molar refractivity (Wildman–Crippen MR) is 142 cm³/mol. The molecule has 1 aliphatic carbocycles. The molecule has 8 heteroatoms. The fourth-order valence-corrected chi connectivity index (χ4v) is 5.47. The number of ether oxygens (including phenoxy) is 1. The lowest BCUT2D eigenvalue weighted by atomic mass is 9.60. The van der Waals surface area contributed by atoms with E-state index in [4.69, 9.17) is 15.6 Å². The van der Waals surface area contributed by atoms with Gasteiger partial charge in [0.2, 0.25) is 0 Å². The number of anilines is 1. The first-order valence-corrected chi connectivity index (χ1v) is 12.6. The number of aromatic nitrogens is 2. The van der Waals surface area contributed by atoms with Crippen molar-refractivity contribution >= 4 is 17.6 Å². The number of nitrogens with one attached hydrogen (secondary N) is 1. The van der Waals surface area contributed by atoms with Crippen molar-refractivity contribution in [2.45, 2.75) is 38.6 Å². The van der Waals surface area contributed by atoms with Gasteiger partial charge in [0.25, 0.3) is 11.8 Å². The van der Waals surface area contributed by atoms with Crippen molar-refractivity contribution in [1.29, 1.82) is 0 Å². The summed E-state index contributed by atoms with van der Waals surface area (Å²) in [6.45, 7) is 3.13. The summed E-state index contributed by atoms with van der Waals surface area (Å²) in [4.78, 5) is 26.7. The molecule has 190 valence electrons. The van der Waals surface area contributed by atoms with Crippen molar-refractivity contribution in [3.63, 3.8) is 0 Å². The van der Waals surface area contributed by atoms with E-state index in [1.54, 1.807) is 14.0 Å². The van der Waals surface area contributed by atoms with E-state index in [0.717, 1.165) is 50.1 Å². The van der Waals surface area contributed by atoms with Gasteiger partial charge in [-0.2, -0.15) is 5.10 Å². The monoisotopic (exact) mass is 497 g/mol. The number of piperidine rings is 1. The number of likely N-dealkylation sites (tertiary alicyclic amines) is 1. The van der Waals surface area contributed by atoms with Gasteiger partial charge in [-0.25, -0.2) is 4.68 Å². The van der Waals surface area contributed by atoms with Gasteiger partial charge in [-0.15, -0.1) is 0 Å². The van der Waals surface area contributed by atoms with Crippen molar-refractivity contribution in [2.24, 2.45) is 5.41 Å². The van der Waals surface area contributed by atoms with Crippen molar-refractivity contribution in [1.82, 2.24) is 20.0 Å². The number of rotatable bonds is 5. The topological polar surface area (TPSA) is 102 Å².